The molecule has 9 nitrogen and oxygen atoms in total. The number of pyridine rings is 1. The lowest BCUT2D eigenvalue weighted by Crippen LogP contribution is -2.52. The number of rotatable bonds is 3. The minimum absolute atomic E-state index is 0.224. The third kappa shape index (κ3) is 3.13. The van der Waals surface area contributed by atoms with Crippen LogP contribution in [-0.4, -0.2) is 48.6 Å². The molecule has 4 heterocycles. The van der Waals surface area contributed by atoms with Crippen molar-refractivity contribution < 1.29 is 14.4 Å². The van der Waals surface area contributed by atoms with Crippen LogP contribution in [0.3, 0.4) is 0 Å². The Morgan fingerprint density at radius 3 is 2.80 bits per heavy atom. The number of amides is 3. The molecule has 10 heteroatoms. The van der Waals surface area contributed by atoms with Gasteiger partial charge in [-0.15, -0.1) is 5.10 Å². The van der Waals surface area contributed by atoms with Crippen LogP contribution in [0.25, 0.3) is 16.9 Å². The minimum atomic E-state index is -0.639. The summed E-state index contributed by atoms with van der Waals surface area (Å²) in [5, 5.41) is 11.1. The Kier molecular flexibility index (Phi) is 4.32. The van der Waals surface area contributed by atoms with Gasteiger partial charge < -0.3 is 4.90 Å². The van der Waals surface area contributed by atoms with Gasteiger partial charge in [0.2, 0.25) is 11.8 Å². The molecular formula is C20H15ClN6O3. The standard InChI is InChI=1S/C20H15ClN6O3/c21-13-5-12(7-22-8-13)16-10-27(25-24-16)14-2-1-11-9-26(20(30)15(11)6-14)17-3-4-18(28)23-19(17)29/h1-2,5-8,10,17H,3-4,9H2,(H,23,28,29). The number of piperidine rings is 1. The molecule has 3 amide bonds. The van der Waals surface area contributed by atoms with Crippen molar-refractivity contribution in [3.63, 3.8) is 0 Å². The van der Waals surface area contributed by atoms with Crippen LogP contribution in [0.1, 0.15) is 28.8 Å². The van der Waals surface area contributed by atoms with Gasteiger partial charge in [0.15, 0.2) is 0 Å². The highest BCUT2D eigenvalue weighted by Crippen LogP contribution is 2.29. The maximum absolute atomic E-state index is 13.0. The second-order valence-corrected chi connectivity index (χ2v) is 7.62. The first-order valence-electron chi connectivity index (χ1n) is 9.31. The molecule has 150 valence electrons. The first kappa shape index (κ1) is 18.4. The summed E-state index contributed by atoms with van der Waals surface area (Å²) >= 11 is 5.99. The van der Waals surface area contributed by atoms with Gasteiger partial charge in [0.25, 0.3) is 5.91 Å². The number of nitrogens with one attached hydrogen (secondary N) is 1. The average molecular weight is 423 g/mol. The summed E-state index contributed by atoms with van der Waals surface area (Å²) in [4.78, 5) is 42.1. The molecule has 1 saturated heterocycles. The van der Waals surface area contributed by atoms with Crippen LogP contribution < -0.4 is 5.32 Å². The predicted molar refractivity (Wildman–Crippen MR) is 106 cm³/mol. The van der Waals surface area contributed by atoms with E-state index in [1.807, 2.05) is 12.1 Å². The maximum Gasteiger partial charge on any atom is 0.255 e. The molecule has 0 spiro atoms. The molecule has 1 unspecified atom stereocenters. The Morgan fingerprint density at radius 1 is 1.13 bits per heavy atom. The number of aromatic nitrogens is 4. The molecule has 2 aromatic heterocycles. The van der Waals surface area contributed by atoms with E-state index in [4.69, 9.17) is 11.6 Å². The third-order valence-electron chi connectivity index (χ3n) is 5.27. The number of benzene rings is 1. The van der Waals surface area contributed by atoms with Gasteiger partial charge in [0.05, 0.1) is 16.9 Å². The highest BCUT2D eigenvalue weighted by Gasteiger charge is 2.39. The molecule has 2 aliphatic heterocycles. The van der Waals surface area contributed by atoms with E-state index in [-0.39, 0.29) is 18.2 Å². The zero-order chi connectivity index (χ0) is 20.8. The van der Waals surface area contributed by atoms with Gasteiger partial charge in [-0.25, -0.2) is 4.68 Å². The van der Waals surface area contributed by atoms with Crippen LogP contribution in [-0.2, 0) is 16.1 Å². The molecule has 3 aromatic rings. The van der Waals surface area contributed by atoms with E-state index < -0.39 is 11.9 Å². The van der Waals surface area contributed by atoms with Crippen molar-refractivity contribution in [1.82, 2.24) is 30.2 Å². The molecule has 0 bridgehead atoms. The van der Waals surface area contributed by atoms with Gasteiger partial charge in [-0.1, -0.05) is 22.9 Å². The van der Waals surface area contributed by atoms with Gasteiger partial charge in [-0.05, 0) is 30.2 Å². The van der Waals surface area contributed by atoms with Gasteiger partial charge in [0.1, 0.15) is 11.7 Å². The zero-order valence-corrected chi connectivity index (χ0v) is 16.3. The first-order chi connectivity index (χ1) is 14.5. The third-order valence-corrected chi connectivity index (χ3v) is 5.48. The van der Waals surface area contributed by atoms with Crippen molar-refractivity contribution >= 4 is 29.3 Å². The normalized spacial score (nSPS) is 18.5. The fourth-order valence-electron chi connectivity index (χ4n) is 3.76. The van der Waals surface area contributed by atoms with Crippen LogP contribution in [0.5, 0.6) is 0 Å². The van der Waals surface area contributed by atoms with Crippen LogP contribution in [0, 0.1) is 0 Å². The van der Waals surface area contributed by atoms with Crippen molar-refractivity contribution in [3.05, 3.63) is 59.0 Å². The summed E-state index contributed by atoms with van der Waals surface area (Å²) in [7, 11) is 0. The summed E-state index contributed by atoms with van der Waals surface area (Å²) in [5.74, 6) is -0.969. The molecule has 5 rings (SSSR count). The highest BCUT2D eigenvalue weighted by atomic mass is 35.5. The Bertz CT molecular complexity index is 1210. The van der Waals surface area contributed by atoms with Gasteiger partial charge in [-0.2, -0.15) is 0 Å². The summed E-state index contributed by atoms with van der Waals surface area (Å²) in [5.41, 5.74) is 3.34. The van der Waals surface area contributed by atoms with E-state index in [2.05, 4.69) is 20.6 Å². The molecule has 1 aromatic carbocycles. The van der Waals surface area contributed by atoms with E-state index in [9.17, 15) is 14.4 Å². The molecule has 1 N–H and O–H groups in total. The van der Waals surface area contributed by atoms with E-state index in [1.54, 1.807) is 29.2 Å². The molecule has 30 heavy (non-hydrogen) atoms. The lowest BCUT2D eigenvalue weighted by Gasteiger charge is -2.29. The topological polar surface area (TPSA) is 110 Å². The van der Waals surface area contributed by atoms with Gasteiger partial charge in [0, 0.05) is 36.5 Å². The minimum Gasteiger partial charge on any atom is -0.322 e. The SMILES string of the molecule is O=C1CCC(N2Cc3ccc(-n4cc(-c5cncc(Cl)c5)nn4)cc3C2=O)C(=O)N1. The Labute approximate surface area is 175 Å². The Morgan fingerprint density at radius 2 is 2.00 bits per heavy atom. The number of hydrogen-bond acceptors (Lipinski definition) is 6. The fraction of sp³-hybridized carbons (Fsp3) is 0.200. The van der Waals surface area contributed by atoms with Gasteiger partial charge >= 0.3 is 0 Å². The Hall–Kier alpha value is -3.59. The molecule has 1 fully saturated rings. The second-order valence-electron chi connectivity index (χ2n) is 7.18. The monoisotopic (exact) mass is 422 g/mol. The Balaban J connectivity index is 1.42. The van der Waals surface area contributed by atoms with Crippen molar-refractivity contribution in [2.75, 3.05) is 0 Å². The lowest BCUT2D eigenvalue weighted by molar-refractivity contribution is -0.136. The van der Waals surface area contributed by atoms with Gasteiger partial charge in [-0.3, -0.25) is 24.7 Å². The fourth-order valence-corrected chi connectivity index (χ4v) is 3.93. The molecular weight excluding hydrogens is 408 g/mol. The largest absolute Gasteiger partial charge is 0.322 e. The number of halogens is 1. The van der Waals surface area contributed by atoms with E-state index in [0.717, 1.165) is 11.1 Å². The highest BCUT2D eigenvalue weighted by molar-refractivity contribution is 6.30. The van der Waals surface area contributed by atoms with E-state index >= 15 is 0 Å². The summed E-state index contributed by atoms with van der Waals surface area (Å²) < 4.78 is 1.57. The van der Waals surface area contributed by atoms with Crippen molar-refractivity contribution in [2.24, 2.45) is 0 Å². The molecule has 0 radical (unpaired) electrons. The number of fused-ring (bicyclic) bond motifs is 1. The molecule has 2 aliphatic rings. The molecule has 0 saturated carbocycles. The smallest absolute Gasteiger partial charge is 0.255 e. The second kappa shape index (κ2) is 7.03. The van der Waals surface area contributed by atoms with Crippen LogP contribution in [0.4, 0.5) is 0 Å². The van der Waals surface area contributed by atoms with E-state index in [0.29, 0.717) is 34.9 Å². The summed E-state index contributed by atoms with van der Waals surface area (Å²) in [6, 6.07) is 6.52. The number of imide groups is 1. The van der Waals surface area contributed by atoms with Crippen molar-refractivity contribution in [2.45, 2.75) is 25.4 Å². The average Bonchev–Trinajstić information content (AvgIpc) is 3.34. The lowest BCUT2D eigenvalue weighted by atomic mass is 10.0. The summed E-state index contributed by atoms with van der Waals surface area (Å²) in [6.07, 6.45) is 5.46. The number of carbonyl (C=O) groups is 3. The quantitative estimate of drug-likeness (QED) is 0.644. The summed E-state index contributed by atoms with van der Waals surface area (Å²) in [6.45, 7) is 0.331. The first-order valence-corrected chi connectivity index (χ1v) is 9.68. The van der Waals surface area contributed by atoms with Crippen molar-refractivity contribution in [3.8, 4) is 16.9 Å². The zero-order valence-electron chi connectivity index (χ0n) is 15.6. The molecule has 0 aliphatic carbocycles. The van der Waals surface area contributed by atoms with E-state index in [1.165, 1.54) is 11.1 Å². The number of nitrogens with zero attached hydrogens (tertiary/aromatic N) is 5. The van der Waals surface area contributed by atoms with Crippen LogP contribution >= 0.6 is 11.6 Å². The maximum atomic E-state index is 13.0. The predicted octanol–water partition coefficient (Wildman–Crippen LogP) is 1.74. The molecule has 1 atom stereocenters. The number of carbonyl (C=O) groups excluding carboxylic acids is 3. The van der Waals surface area contributed by atoms with Crippen LogP contribution in [0.2, 0.25) is 5.02 Å². The van der Waals surface area contributed by atoms with Crippen molar-refractivity contribution in [1.29, 1.82) is 0 Å². The number of hydrogen-bond donors (Lipinski definition) is 1. The van der Waals surface area contributed by atoms with Crippen LogP contribution in [0.15, 0.2) is 42.9 Å².